The number of ether oxygens (including phenoxy) is 1. The molecule has 5 rings (SSSR count). The predicted molar refractivity (Wildman–Crippen MR) is 136 cm³/mol. The van der Waals surface area contributed by atoms with Crippen LogP contribution in [0.1, 0.15) is 28.4 Å². The summed E-state index contributed by atoms with van der Waals surface area (Å²) >= 11 is 0. The third kappa shape index (κ3) is 4.24. The van der Waals surface area contributed by atoms with E-state index < -0.39 is 10.0 Å². The van der Waals surface area contributed by atoms with Gasteiger partial charge in [-0.25, -0.2) is 13.8 Å². The summed E-state index contributed by atoms with van der Waals surface area (Å²) in [4.78, 5) is 12.8. The van der Waals surface area contributed by atoms with Crippen molar-refractivity contribution in [2.45, 2.75) is 18.4 Å². The van der Waals surface area contributed by atoms with Crippen LogP contribution in [0.5, 0.6) is 5.75 Å². The molecule has 4 aromatic carbocycles. The number of sulfonamides is 1. The molecular formula is C27H23N3O4S. The van der Waals surface area contributed by atoms with Gasteiger partial charge in [-0.3, -0.25) is 9.10 Å². The van der Waals surface area contributed by atoms with Gasteiger partial charge >= 0.3 is 0 Å². The molecule has 1 aliphatic rings. The Hall–Kier alpha value is -4.17. The van der Waals surface area contributed by atoms with E-state index in [9.17, 15) is 13.2 Å². The van der Waals surface area contributed by atoms with Crippen LogP contribution in [-0.4, -0.2) is 27.1 Å². The van der Waals surface area contributed by atoms with Crippen LogP contribution in [0.3, 0.4) is 0 Å². The number of rotatable bonds is 7. The van der Waals surface area contributed by atoms with E-state index in [1.165, 1.54) is 10.5 Å². The molecule has 4 aromatic rings. The van der Waals surface area contributed by atoms with Crippen molar-refractivity contribution in [2.75, 3.05) is 10.9 Å². The molecular weight excluding hydrogens is 462 g/mol. The number of benzene rings is 4. The van der Waals surface area contributed by atoms with Crippen molar-refractivity contribution in [3.05, 3.63) is 102 Å². The Bertz CT molecular complexity index is 1540. The van der Waals surface area contributed by atoms with Crippen LogP contribution in [0, 0.1) is 0 Å². The van der Waals surface area contributed by atoms with Gasteiger partial charge in [-0.1, -0.05) is 48.5 Å². The molecule has 0 radical (unpaired) electrons. The Labute approximate surface area is 203 Å². The van der Waals surface area contributed by atoms with Crippen molar-refractivity contribution < 1.29 is 17.9 Å². The molecule has 0 saturated carbocycles. The van der Waals surface area contributed by atoms with Crippen molar-refractivity contribution in [2.24, 2.45) is 5.10 Å². The molecule has 35 heavy (non-hydrogen) atoms. The van der Waals surface area contributed by atoms with Gasteiger partial charge in [0.15, 0.2) is 0 Å². The Morgan fingerprint density at radius 1 is 0.971 bits per heavy atom. The Morgan fingerprint density at radius 2 is 1.71 bits per heavy atom. The lowest BCUT2D eigenvalue weighted by molar-refractivity contribution is 0.0955. The summed E-state index contributed by atoms with van der Waals surface area (Å²) in [7, 11) is -3.64. The van der Waals surface area contributed by atoms with Gasteiger partial charge in [0, 0.05) is 16.5 Å². The van der Waals surface area contributed by atoms with Crippen LogP contribution in [0.25, 0.3) is 10.8 Å². The summed E-state index contributed by atoms with van der Waals surface area (Å²) < 4.78 is 33.3. The molecule has 1 N–H and O–H groups in total. The Kier molecular flexibility index (Phi) is 5.96. The van der Waals surface area contributed by atoms with Crippen LogP contribution >= 0.6 is 0 Å². The first kappa shape index (κ1) is 22.6. The fraction of sp³-hybridized carbons (Fsp3) is 0.111. The monoisotopic (exact) mass is 485 g/mol. The lowest BCUT2D eigenvalue weighted by atomic mass is 10.1. The van der Waals surface area contributed by atoms with Crippen LogP contribution in [-0.2, 0) is 16.6 Å². The lowest BCUT2D eigenvalue weighted by Crippen LogP contribution is -2.26. The molecule has 0 unspecified atom stereocenters. The first-order valence-corrected chi connectivity index (χ1v) is 12.6. The van der Waals surface area contributed by atoms with Crippen molar-refractivity contribution in [3.63, 3.8) is 0 Å². The van der Waals surface area contributed by atoms with E-state index in [-0.39, 0.29) is 12.5 Å². The summed E-state index contributed by atoms with van der Waals surface area (Å²) in [6.07, 6.45) is 1.54. The third-order valence-electron chi connectivity index (χ3n) is 5.81. The molecule has 0 aromatic heterocycles. The van der Waals surface area contributed by atoms with Gasteiger partial charge in [0.05, 0.1) is 29.9 Å². The molecule has 0 saturated heterocycles. The smallest absolute Gasteiger partial charge is 0.271 e. The Morgan fingerprint density at radius 3 is 2.49 bits per heavy atom. The number of hydrogen-bond donors (Lipinski definition) is 1. The van der Waals surface area contributed by atoms with E-state index in [1.54, 1.807) is 36.4 Å². The minimum Gasteiger partial charge on any atom is -0.493 e. The van der Waals surface area contributed by atoms with Gasteiger partial charge < -0.3 is 4.74 Å². The highest BCUT2D eigenvalue weighted by atomic mass is 32.2. The molecule has 0 aliphatic carbocycles. The van der Waals surface area contributed by atoms with E-state index in [2.05, 4.69) is 10.5 Å². The molecule has 1 aliphatic heterocycles. The van der Waals surface area contributed by atoms with Crippen LogP contribution in [0.2, 0.25) is 0 Å². The molecule has 0 bridgehead atoms. The second-order valence-electron chi connectivity index (χ2n) is 8.01. The number of anilines is 1. The molecule has 0 spiro atoms. The van der Waals surface area contributed by atoms with Crippen LogP contribution in [0.4, 0.5) is 5.69 Å². The first-order chi connectivity index (χ1) is 17.0. The average molecular weight is 486 g/mol. The highest BCUT2D eigenvalue weighted by Crippen LogP contribution is 2.42. The molecule has 0 fully saturated rings. The molecule has 0 atom stereocenters. The summed E-state index contributed by atoms with van der Waals surface area (Å²) in [6, 6.07) is 25.1. The van der Waals surface area contributed by atoms with E-state index >= 15 is 0 Å². The van der Waals surface area contributed by atoms with Gasteiger partial charge in [-0.15, -0.1) is 0 Å². The molecule has 1 heterocycles. The number of nitrogens with one attached hydrogen (secondary N) is 1. The number of carbonyl (C=O) groups excluding carboxylic acids is 1. The lowest BCUT2D eigenvalue weighted by Gasteiger charge is -2.19. The highest BCUT2D eigenvalue weighted by Gasteiger charge is 2.35. The number of para-hydroxylation sites is 1. The maximum Gasteiger partial charge on any atom is 0.271 e. The number of hydrogen-bond acceptors (Lipinski definition) is 5. The third-order valence-corrected chi connectivity index (χ3v) is 7.61. The van der Waals surface area contributed by atoms with E-state index in [1.807, 2.05) is 55.5 Å². The van der Waals surface area contributed by atoms with E-state index in [4.69, 9.17) is 4.74 Å². The zero-order valence-corrected chi connectivity index (χ0v) is 19.8. The maximum absolute atomic E-state index is 13.2. The predicted octanol–water partition coefficient (Wildman–Crippen LogP) is 4.71. The van der Waals surface area contributed by atoms with Crippen LogP contribution < -0.4 is 14.5 Å². The minimum absolute atomic E-state index is 0.171. The average Bonchev–Trinajstić information content (AvgIpc) is 3.09. The summed E-state index contributed by atoms with van der Waals surface area (Å²) in [6.45, 7) is 2.60. The van der Waals surface area contributed by atoms with Gasteiger partial charge in [-0.05, 0) is 54.3 Å². The van der Waals surface area contributed by atoms with Gasteiger partial charge in [0.2, 0.25) is 0 Å². The van der Waals surface area contributed by atoms with Gasteiger partial charge in [0.1, 0.15) is 5.75 Å². The van der Waals surface area contributed by atoms with Gasteiger partial charge in [-0.2, -0.15) is 5.10 Å². The highest BCUT2D eigenvalue weighted by molar-refractivity contribution is 7.93. The normalized spacial score (nSPS) is 13.9. The number of nitrogens with zero attached hydrogens (tertiary/aromatic N) is 2. The molecule has 8 heteroatoms. The standard InChI is InChI=1S/C27H23N3O4S/c1-2-34-24-11-4-3-7-22(24)17-28-29-27(31)21-15-13-19(14-16-21)18-30-23-10-5-8-20-9-6-12-25(26(20)23)35(30,32)33/h3-17H,2,18H2,1H3,(H,29,31)/b28-17+. The first-order valence-electron chi connectivity index (χ1n) is 11.2. The van der Waals surface area contributed by atoms with Gasteiger partial charge in [0.25, 0.3) is 15.9 Å². The van der Waals surface area contributed by atoms with Crippen molar-refractivity contribution in [3.8, 4) is 5.75 Å². The van der Waals surface area contributed by atoms with E-state index in [0.717, 1.165) is 21.9 Å². The number of amides is 1. The quantitative estimate of drug-likeness (QED) is 0.303. The second kappa shape index (κ2) is 9.23. The van der Waals surface area contributed by atoms with Crippen molar-refractivity contribution in [1.29, 1.82) is 0 Å². The second-order valence-corrected chi connectivity index (χ2v) is 9.84. The van der Waals surface area contributed by atoms with Crippen LogP contribution in [0.15, 0.2) is 94.9 Å². The summed E-state index contributed by atoms with van der Waals surface area (Å²) in [5, 5.41) is 5.67. The fourth-order valence-corrected chi connectivity index (χ4v) is 5.85. The number of hydrazone groups is 1. The molecule has 176 valence electrons. The van der Waals surface area contributed by atoms with E-state index in [0.29, 0.717) is 28.5 Å². The maximum atomic E-state index is 13.2. The summed E-state index contributed by atoms with van der Waals surface area (Å²) in [5.74, 6) is 0.319. The molecule has 7 nitrogen and oxygen atoms in total. The Balaban J connectivity index is 1.30. The van der Waals surface area contributed by atoms with Crippen molar-refractivity contribution in [1.82, 2.24) is 5.43 Å². The van der Waals surface area contributed by atoms with Crippen molar-refractivity contribution >= 4 is 38.6 Å². The SMILES string of the molecule is CCOc1ccccc1/C=N/NC(=O)c1ccc(CN2c3cccc4cccc(c34)S2(=O)=O)cc1. The largest absolute Gasteiger partial charge is 0.493 e. The topological polar surface area (TPSA) is 88.1 Å². The zero-order chi connectivity index (χ0) is 24.4. The number of carbonyl (C=O) groups is 1. The molecule has 1 amide bonds. The zero-order valence-electron chi connectivity index (χ0n) is 19.0. The minimum atomic E-state index is -3.64. The fourth-order valence-electron chi connectivity index (χ4n) is 4.15. The summed E-state index contributed by atoms with van der Waals surface area (Å²) in [5.41, 5.74) is 5.12.